The smallest absolute Gasteiger partial charge is 0.241 e. The van der Waals surface area contributed by atoms with E-state index in [1.165, 1.54) is 5.56 Å². The van der Waals surface area contributed by atoms with Crippen LogP contribution < -0.4 is 0 Å². The number of benzene rings is 1. The third-order valence-electron chi connectivity index (χ3n) is 5.22. The third-order valence-corrected chi connectivity index (χ3v) is 5.22. The summed E-state index contributed by atoms with van der Waals surface area (Å²) in [6, 6.07) is 8.16. The summed E-state index contributed by atoms with van der Waals surface area (Å²) in [5.74, 6) is 2.84. The zero-order valence-corrected chi connectivity index (χ0v) is 17.2. The van der Waals surface area contributed by atoms with Gasteiger partial charge in [0.05, 0.1) is 13.1 Å². The lowest BCUT2D eigenvalue weighted by Gasteiger charge is -2.32. The van der Waals surface area contributed by atoms with Crippen molar-refractivity contribution in [1.82, 2.24) is 30.1 Å². The van der Waals surface area contributed by atoms with E-state index in [9.17, 15) is 0 Å². The van der Waals surface area contributed by atoms with Crippen molar-refractivity contribution in [3.8, 4) is 11.4 Å². The molecule has 0 amide bonds. The molecule has 1 fully saturated rings. The predicted octanol–water partition coefficient (Wildman–Crippen LogP) is 3.09. The second-order valence-corrected chi connectivity index (χ2v) is 7.64. The molecule has 1 aromatic carbocycles. The second-order valence-electron chi connectivity index (χ2n) is 7.64. The highest BCUT2D eigenvalue weighted by molar-refractivity contribution is 5.54. The summed E-state index contributed by atoms with van der Waals surface area (Å²) in [5.41, 5.74) is 2.20. The number of unbranched alkanes of at least 4 members (excludes halogenated alkanes) is 1. The van der Waals surface area contributed by atoms with E-state index in [0.717, 1.165) is 56.8 Å². The Kier molecular flexibility index (Phi) is 6.31. The van der Waals surface area contributed by atoms with Gasteiger partial charge in [0.2, 0.25) is 17.6 Å². The number of hydrogen-bond donors (Lipinski definition) is 0. The summed E-state index contributed by atoms with van der Waals surface area (Å²) in [5, 5.41) is 8.20. The van der Waals surface area contributed by atoms with Crippen LogP contribution in [0.3, 0.4) is 0 Å². The van der Waals surface area contributed by atoms with Gasteiger partial charge in [-0.1, -0.05) is 53.5 Å². The van der Waals surface area contributed by atoms with Crippen molar-refractivity contribution >= 4 is 0 Å². The molecule has 3 aromatic rings. The molecule has 1 aliphatic rings. The largest absolute Gasteiger partial charge is 0.338 e. The van der Waals surface area contributed by atoms with Crippen LogP contribution in [-0.4, -0.2) is 56.3 Å². The van der Waals surface area contributed by atoms with Crippen molar-refractivity contribution in [2.75, 3.05) is 26.2 Å². The molecule has 0 N–H and O–H groups in total. The van der Waals surface area contributed by atoms with Crippen LogP contribution in [-0.2, 0) is 19.5 Å². The number of nitrogens with zero attached hydrogens (tertiary/aromatic N) is 6. The number of aromatic nitrogens is 4. The van der Waals surface area contributed by atoms with E-state index in [-0.39, 0.29) is 0 Å². The van der Waals surface area contributed by atoms with Gasteiger partial charge in [-0.05, 0) is 13.3 Å². The number of rotatable bonds is 8. The van der Waals surface area contributed by atoms with Gasteiger partial charge in [-0.25, -0.2) is 0 Å². The lowest BCUT2D eigenvalue weighted by molar-refractivity contribution is 0.103. The Labute approximate surface area is 170 Å². The molecule has 1 saturated heterocycles. The van der Waals surface area contributed by atoms with E-state index in [1.807, 2.05) is 12.1 Å². The van der Waals surface area contributed by atoms with Crippen molar-refractivity contribution in [1.29, 1.82) is 0 Å². The first-order valence-electron chi connectivity index (χ1n) is 10.4. The predicted molar refractivity (Wildman–Crippen MR) is 108 cm³/mol. The Bertz CT molecular complexity index is 896. The van der Waals surface area contributed by atoms with Crippen molar-refractivity contribution in [3.63, 3.8) is 0 Å². The summed E-state index contributed by atoms with van der Waals surface area (Å²) in [6.45, 7) is 9.40. The molecule has 2 aromatic heterocycles. The molecule has 0 saturated carbocycles. The minimum atomic E-state index is 0.647. The number of hydrogen-bond acceptors (Lipinski definition) is 8. The zero-order valence-electron chi connectivity index (χ0n) is 17.2. The minimum Gasteiger partial charge on any atom is -0.338 e. The highest BCUT2D eigenvalue weighted by Crippen LogP contribution is 2.17. The molecule has 1 aliphatic heterocycles. The van der Waals surface area contributed by atoms with Gasteiger partial charge in [0.15, 0.2) is 5.82 Å². The van der Waals surface area contributed by atoms with Gasteiger partial charge in [-0.15, -0.1) is 0 Å². The van der Waals surface area contributed by atoms with Gasteiger partial charge in [0.1, 0.15) is 0 Å². The summed E-state index contributed by atoms with van der Waals surface area (Å²) in [6.07, 6.45) is 3.12. The molecule has 29 heavy (non-hydrogen) atoms. The molecular formula is C21H28N6O2. The summed E-state index contributed by atoms with van der Waals surface area (Å²) in [7, 11) is 0. The molecule has 0 unspecified atom stereocenters. The molecule has 0 radical (unpaired) electrons. The first-order chi connectivity index (χ1) is 14.2. The molecule has 8 heteroatoms. The van der Waals surface area contributed by atoms with Crippen LogP contribution in [0.1, 0.15) is 42.9 Å². The Morgan fingerprint density at radius 3 is 2.14 bits per heavy atom. The first kappa shape index (κ1) is 19.7. The van der Waals surface area contributed by atoms with E-state index in [0.29, 0.717) is 30.7 Å². The normalized spacial score (nSPS) is 15.8. The van der Waals surface area contributed by atoms with Gasteiger partial charge < -0.3 is 9.05 Å². The maximum atomic E-state index is 5.46. The van der Waals surface area contributed by atoms with E-state index in [4.69, 9.17) is 9.05 Å². The zero-order chi connectivity index (χ0) is 20.1. The van der Waals surface area contributed by atoms with Crippen molar-refractivity contribution in [2.45, 2.75) is 46.2 Å². The molecule has 154 valence electrons. The topological polar surface area (TPSA) is 84.3 Å². The molecule has 0 bridgehead atoms. The Hall–Kier alpha value is -2.58. The van der Waals surface area contributed by atoms with E-state index in [1.54, 1.807) is 0 Å². The molecule has 8 nitrogen and oxygen atoms in total. The van der Waals surface area contributed by atoms with Crippen LogP contribution in [0, 0.1) is 6.92 Å². The van der Waals surface area contributed by atoms with Crippen LogP contribution in [0.5, 0.6) is 0 Å². The Morgan fingerprint density at radius 2 is 1.48 bits per heavy atom. The van der Waals surface area contributed by atoms with Crippen LogP contribution >= 0.6 is 0 Å². The highest BCUT2D eigenvalue weighted by Gasteiger charge is 2.21. The summed E-state index contributed by atoms with van der Waals surface area (Å²) >= 11 is 0. The number of aryl methyl sites for hydroxylation is 2. The monoisotopic (exact) mass is 396 g/mol. The van der Waals surface area contributed by atoms with Crippen LogP contribution in [0.4, 0.5) is 0 Å². The second kappa shape index (κ2) is 9.28. The van der Waals surface area contributed by atoms with Crippen LogP contribution in [0.15, 0.2) is 33.3 Å². The van der Waals surface area contributed by atoms with Gasteiger partial charge >= 0.3 is 0 Å². The Balaban J connectivity index is 1.25. The van der Waals surface area contributed by atoms with Gasteiger partial charge in [0, 0.05) is 38.2 Å². The molecular weight excluding hydrogens is 368 g/mol. The summed E-state index contributed by atoms with van der Waals surface area (Å²) < 4.78 is 10.8. The van der Waals surface area contributed by atoms with Crippen molar-refractivity contribution in [3.05, 3.63) is 47.4 Å². The number of piperazine rings is 1. The SMILES string of the molecule is CCCCc1noc(CN2CCN(Cc3nc(-c4ccc(C)cc4)no3)CC2)n1. The average molecular weight is 396 g/mol. The lowest BCUT2D eigenvalue weighted by atomic mass is 10.1. The average Bonchev–Trinajstić information content (AvgIpc) is 3.38. The third kappa shape index (κ3) is 5.27. The standard InChI is InChI=1S/C21H28N6O2/c1-3-4-5-18-22-19(28-24-18)14-26-10-12-27(13-11-26)15-20-23-21(25-29-20)17-8-6-16(2)7-9-17/h6-9H,3-5,10-15H2,1-2H3. The quantitative estimate of drug-likeness (QED) is 0.574. The molecule has 3 heterocycles. The van der Waals surface area contributed by atoms with E-state index >= 15 is 0 Å². The lowest BCUT2D eigenvalue weighted by Crippen LogP contribution is -2.45. The first-order valence-corrected chi connectivity index (χ1v) is 10.4. The van der Waals surface area contributed by atoms with Gasteiger partial charge in [-0.2, -0.15) is 9.97 Å². The van der Waals surface area contributed by atoms with Crippen molar-refractivity contribution in [2.24, 2.45) is 0 Å². The van der Waals surface area contributed by atoms with E-state index in [2.05, 4.69) is 56.1 Å². The summed E-state index contributed by atoms with van der Waals surface area (Å²) in [4.78, 5) is 13.7. The van der Waals surface area contributed by atoms with Crippen LogP contribution in [0.25, 0.3) is 11.4 Å². The molecule has 0 atom stereocenters. The fourth-order valence-corrected chi connectivity index (χ4v) is 3.42. The fraction of sp³-hybridized carbons (Fsp3) is 0.524. The maximum absolute atomic E-state index is 5.46. The van der Waals surface area contributed by atoms with Gasteiger partial charge in [0.25, 0.3) is 0 Å². The minimum absolute atomic E-state index is 0.647. The Morgan fingerprint density at radius 1 is 0.862 bits per heavy atom. The molecule has 4 rings (SSSR count). The maximum Gasteiger partial charge on any atom is 0.241 e. The molecule has 0 spiro atoms. The molecule has 0 aliphatic carbocycles. The van der Waals surface area contributed by atoms with Crippen molar-refractivity contribution < 1.29 is 9.05 Å². The van der Waals surface area contributed by atoms with Crippen LogP contribution in [0.2, 0.25) is 0 Å². The highest BCUT2D eigenvalue weighted by atomic mass is 16.5. The fourth-order valence-electron chi connectivity index (χ4n) is 3.42. The van der Waals surface area contributed by atoms with E-state index < -0.39 is 0 Å². The van der Waals surface area contributed by atoms with Gasteiger partial charge in [-0.3, -0.25) is 9.80 Å².